The van der Waals surface area contributed by atoms with Crippen molar-refractivity contribution in [3.63, 3.8) is 0 Å². The van der Waals surface area contributed by atoms with Gasteiger partial charge in [0.15, 0.2) is 0 Å². The Morgan fingerprint density at radius 2 is 2.29 bits per heavy atom. The number of ether oxygens (including phenoxy) is 1. The highest BCUT2D eigenvalue weighted by atomic mass is 32.2. The first-order chi connectivity index (χ1) is 6.75. The maximum absolute atomic E-state index is 11.9. The Bertz CT molecular complexity index is 302. The quantitative estimate of drug-likeness (QED) is 0.734. The molecule has 4 nitrogen and oxygen atoms in total. The molecule has 1 fully saturated rings. The molecule has 1 aliphatic rings. The van der Waals surface area contributed by atoms with E-state index in [1.165, 1.54) is 0 Å². The number of rotatable bonds is 3. The third-order valence-corrected chi connectivity index (χ3v) is 2.36. The van der Waals surface area contributed by atoms with Gasteiger partial charge in [0.05, 0.1) is 0 Å². The average molecular weight is 222 g/mol. The van der Waals surface area contributed by atoms with Crippen molar-refractivity contribution < 1.29 is 17.9 Å². The summed E-state index contributed by atoms with van der Waals surface area (Å²) in [6.07, 6.45) is 1.53. The molecule has 1 atom stereocenters. The number of halogens is 2. The van der Waals surface area contributed by atoms with Crippen LogP contribution in [0.3, 0.4) is 0 Å². The molecule has 0 spiro atoms. The SMILES string of the molecule is FC(F)Sc1nnc(C2CCCO2)o1. The lowest BCUT2D eigenvalue weighted by molar-refractivity contribution is 0.0859. The summed E-state index contributed by atoms with van der Waals surface area (Å²) < 4.78 is 34.1. The van der Waals surface area contributed by atoms with E-state index in [1.807, 2.05) is 0 Å². The van der Waals surface area contributed by atoms with E-state index in [-0.39, 0.29) is 23.1 Å². The Morgan fingerprint density at radius 3 is 2.93 bits per heavy atom. The summed E-state index contributed by atoms with van der Waals surface area (Å²) in [5, 5.41) is 7.04. The number of hydrogen-bond acceptors (Lipinski definition) is 5. The van der Waals surface area contributed by atoms with Crippen molar-refractivity contribution in [1.82, 2.24) is 10.2 Å². The Morgan fingerprint density at radius 1 is 1.43 bits per heavy atom. The van der Waals surface area contributed by atoms with Crippen LogP contribution < -0.4 is 0 Å². The predicted molar refractivity (Wildman–Crippen MR) is 44.1 cm³/mol. The minimum absolute atomic E-state index is 0.106. The predicted octanol–water partition coefficient (Wildman–Crippen LogP) is 2.24. The van der Waals surface area contributed by atoms with Crippen LogP contribution in [0.5, 0.6) is 0 Å². The topological polar surface area (TPSA) is 48.2 Å². The standard InChI is InChI=1S/C7H8F2N2O2S/c8-6(9)14-7-11-10-5(13-7)4-2-1-3-12-4/h4,6H,1-3H2. The highest BCUT2D eigenvalue weighted by Crippen LogP contribution is 2.30. The third kappa shape index (κ3) is 2.21. The van der Waals surface area contributed by atoms with Crippen molar-refractivity contribution in [2.45, 2.75) is 29.9 Å². The molecule has 0 saturated carbocycles. The van der Waals surface area contributed by atoms with Crippen LogP contribution in [0.25, 0.3) is 0 Å². The fraction of sp³-hybridized carbons (Fsp3) is 0.714. The molecule has 0 amide bonds. The van der Waals surface area contributed by atoms with E-state index in [2.05, 4.69) is 10.2 Å². The summed E-state index contributed by atoms with van der Waals surface area (Å²) in [6.45, 7) is 0.657. The molecule has 1 unspecified atom stereocenters. The Kier molecular flexibility index (Phi) is 2.97. The molecule has 1 aliphatic heterocycles. The third-order valence-electron chi connectivity index (χ3n) is 1.82. The molecule has 0 aromatic carbocycles. The fourth-order valence-corrected chi connectivity index (χ4v) is 1.62. The summed E-state index contributed by atoms with van der Waals surface area (Å²) >= 11 is 0.249. The Hall–Kier alpha value is -0.690. The van der Waals surface area contributed by atoms with E-state index in [0.29, 0.717) is 12.5 Å². The smallest absolute Gasteiger partial charge is 0.293 e. The zero-order valence-electron chi connectivity index (χ0n) is 7.15. The first kappa shape index (κ1) is 9.85. The second kappa shape index (κ2) is 4.22. The lowest BCUT2D eigenvalue weighted by atomic mass is 10.2. The molecule has 0 bridgehead atoms. The van der Waals surface area contributed by atoms with E-state index in [0.717, 1.165) is 12.8 Å². The number of aromatic nitrogens is 2. The van der Waals surface area contributed by atoms with E-state index < -0.39 is 5.76 Å². The van der Waals surface area contributed by atoms with E-state index in [1.54, 1.807) is 0 Å². The van der Waals surface area contributed by atoms with Gasteiger partial charge in [-0.3, -0.25) is 0 Å². The van der Waals surface area contributed by atoms with Crippen LogP contribution in [-0.2, 0) is 4.74 Å². The van der Waals surface area contributed by atoms with Crippen LogP contribution >= 0.6 is 11.8 Å². The number of alkyl halides is 2. The zero-order chi connectivity index (χ0) is 9.97. The molecule has 0 N–H and O–H groups in total. The minimum Gasteiger partial charge on any atom is -0.413 e. The van der Waals surface area contributed by atoms with Crippen molar-refractivity contribution in [2.24, 2.45) is 0 Å². The Balaban J connectivity index is 2.01. The molecule has 14 heavy (non-hydrogen) atoms. The lowest BCUT2D eigenvalue weighted by Gasteiger charge is -2.01. The molecule has 7 heteroatoms. The summed E-state index contributed by atoms with van der Waals surface area (Å²) in [6, 6.07) is 0. The first-order valence-electron chi connectivity index (χ1n) is 4.15. The number of thioether (sulfide) groups is 1. The highest BCUT2D eigenvalue weighted by Gasteiger charge is 2.24. The maximum atomic E-state index is 11.9. The molecule has 0 aliphatic carbocycles. The van der Waals surface area contributed by atoms with Crippen LogP contribution in [0.2, 0.25) is 0 Å². The summed E-state index contributed by atoms with van der Waals surface area (Å²) in [5.41, 5.74) is 0. The molecule has 1 aromatic heterocycles. The van der Waals surface area contributed by atoms with Crippen LogP contribution in [-0.4, -0.2) is 22.6 Å². The first-order valence-corrected chi connectivity index (χ1v) is 5.03. The average Bonchev–Trinajstić information content (AvgIpc) is 2.69. The van der Waals surface area contributed by atoms with E-state index >= 15 is 0 Å². The van der Waals surface area contributed by atoms with Gasteiger partial charge in [-0.25, -0.2) is 0 Å². The van der Waals surface area contributed by atoms with Crippen LogP contribution in [0.4, 0.5) is 8.78 Å². The van der Waals surface area contributed by atoms with Gasteiger partial charge in [-0.2, -0.15) is 8.78 Å². The Labute approximate surface area is 83.0 Å². The van der Waals surface area contributed by atoms with Gasteiger partial charge in [0.1, 0.15) is 6.10 Å². The number of hydrogen-bond donors (Lipinski definition) is 0. The summed E-state index contributed by atoms with van der Waals surface area (Å²) in [4.78, 5) is 0. The highest BCUT2D eigenvalue weighted by molar-refractivity contribution is 7.99. The van der Waals surface area contributed by atoms with Crippen molar-refractivity contribution in [3.8, 4) is 0 Å². The maximum Gasteiger partial charge on any atom is 0.293 e. The fourth-order valence-electron chi connectivity index (χ4n) is 1.25. The summed E-state index contributed by atoms with van der Waals surface area (Å²) in [7, 11) is 0. The molecular weight excluding hydrogens is 214 g/mol. The van der Waals surface area contributed by atoms with Crippen LogP contribution in [0.1, 0.15) is 24.8 Å². The van der Waals surface area contributed by atoms with Crippen molar-refractivity contribution >= 4 is 11.8 Å². The van der Waals surface area contributed by atoms with Gasteiger partial charge in [-0.15, -0.1) is 10.2 Å². The van der Waals surface area contributed by atoms with Gasteiger partial charge in [0.25, 0.3) is 11.0 Å². The van der Waals surface area contributed by atoms with Gasteiger partial charge in [-0.05, 0) is 12.8 Å². The van der Waals surface area contributed by atoms with E-state index in [4.69, 9.17) is 9.15 Å². The molecule has 1 saturated heterocycles. The van der Waals surface area contributed by atoms with Crippen LogP contribution in [0, 0.1) is 0 Å². The lowest BCUT2D eigenvalue weighted by Crippen LogP contribution is -1.95. The van der Waals surface area contributed by atoms with E-state index in [9.17, 15) is 8.78 Å². The van der Waals surface area contributed by atoms with Crippen molar-refractivity contribution in [1.29, 1.82) is 0 Å². The van der Waals surface area contributed by atoms with Gasteiger partial charge in [0.2, 0.25) is 5.89 Å². The zero-order valence-corrected chi connectivity index (χ0v) is 7.97. The van der Waals surface area contributed by atoms with Crippen molar-refractivity contribution in [3.05, 3.63) is 5.89 Å². The summed E-state index contributed by atoms with van der Waals surface area (Å²) in [5.74, 6) is -2.24. The minimum atomic E-state index is -2.53. The van der Waals surface area contributed by atoms with Crippen LogP contribution in [0.15, 0.2) is 9.64 Å². The number of nitrogens with zero attached hydrogens (tertiary/aromatic N) is 2. The van der Waals surface area contributed by atoms with Gasteiger partial charge >= 0.3 is 0 Å². The normalized spacial score (nSPS) is 22.1. The molecule has 0 radical (unpaired) electrons. The largest absolute Gasteiger partial charge is 0.413 e. The second-order valence-corrected chi connectivity index (χ2v) is 3.73. The molecular formula is C7H8F2N2O2S. The van der Waals surface area contributed by atoms with Gasteiger partial charge in [0, 0.05) is 18.4 Å². The molecule has 2 rings (SSSR count). The molecule has 78 valence electrons. The van der Waals surface area contributed by atoms with Gasteiger partial charge < -0.3 is 9.15 Å². The monoisotopic (exact) mass is 222 g/mol. The van der Waals surface area contributed by atoms with Gasteiger partial charge in [-0.1, -0.05) is 0 Å². The second-order valence-electron chi connectivity index (χ2n) is 2.79. The van der Waals surface area contributed by atoms with Crippen molar-refractivity contribution in [2.75, 3.05) is 6.61 Å². The molecule has 1 aromatic rings. The molecule has 2 heterocycles.